The topological polar surface area (TPSA) is 147 Å². The van der Waals surface area contributed by atoms with Crippen LogP contribution >= 0.6 is 0 Å². The van der Waals surface area contributed by atoms with E-state index in [2.05, 4.69) is 15.4 Å². The number of carbonyl (C=O) groups excluding carboxylic acids is 3. The molecule has 30 heavy (non-hydrogen) atoms. The van der Waals surface area contributed by atoms with Crippen LogP contribution in [0.3, 0.4) is 0 Å². The molecule has 9 nitrogen and oxygen atoms in total. The van der Waals surface area contributed by atoms with Gasteiger partial charge in [-0.3, -0.25) is 14.4 Å². The van der Waals surface area contributed by atoms with Crippen molar-refractivity contribution in [3.05, 3.63) is 65.5 Å². The number of rotatable bonds is 10. The summed E-state index contributed by atoms with van der Waals surface area (Å²) in [7, 11) is -3.83. The zero-order valence-corrected chi connectivity index (χ0v) is 16.7. The summed E-state index contributed by atoms with van der Waals surface area (Å²) in [6.45, 7) is -0.196. The molecule has 0 fully saturated rings. The van der Waals surface area contributed by atoms with Gasteiger partial charge in [-0.05, 0) is 42.0 Å². The van der Waals surface area contributed by atoms with E-state index in [4.69, 9.17) is 5.73 Å². The highest BCUT2D eigenvalue weighted by molar-refractivity contribution is 7.89. The Morgan fingerprint density at radius 3 is 2.17 bits per heavy atom. The maximum absolute atomic E-state index is 12.9. The first-order valence-electron chi connectivity index (χ1n) is 8.85. The Labute approximate surface area is 172 Å². The van der Waals surface area contributed by atoms with Gasteiger partial charge in [-0.15, -0.1) is 0 Å². The smallest absolute Gasteiger partial charge is 0.251 e. The fourth-order valence-electron chi connectivity index (χ4n) is 2.33. The molecule has 0 spiro atoms. The second-order valence-corrected chi connectivity index (χ2v) is 7.99. The third-order valence-electron chi connectivity index (χ3n) is 3.90. The predicted molar refractivity (Wildman–Crippen MR) is 106 cm³/mol. The van der Waals surface area contributed by atoms with Gasteiger partial charge in [0.05, 0.1) is 11.4 Å². The maximum atomic E-state index is 12.9. The van der Waals surface area contributed by atoms with E-state index >= 15 is 0 Å². The van der Waals surface area contributed by atoms with E-state index in [-0.39, 0.29) is 36.9 Å². The van der Waals surface area contributed by atoms with Crippen LogP contribution in [0, 0.1) is 5.82 Å². The minimum absolute atomic E-state index is 0.0893. The van der Waals surface area contributed by atoms with Crippen LogP contribution in [0.5, 0.6) is 0 Å². The van der Waals surface area contributed by atoms with E-state index in [0.717, 1.165) is 29.8 Å². The number of primary amides is 1. The molecule has 3 amide bonds. The van der Waals surface area contributed by atoms with Gasteiger partial charge in [0.15, 0.2) is 0 Å². The molecule has 0 aliphatic carbocycles. The zero-order valence-electron chi connectivity index (χ0n) is 15.9. The van der Waals surface area contributed by atoms with Crippen LogP contribution < -0.4 is 21.1 Å². The molecule has 2 aromatic carbocycles. The number of amides is 3. The molecular weight excluding hydrogens is 415 g/mol. The second-order valence-electron chi connectivity index (χ2n) is 6.22. The highest BCUT2D eigenvalue weighted by atomic mass is 32.2. The minimum Gasteiger partial charge on any atom is -0.368 e. The van der Waals surface area contributed by atoms with E-state index < -0.39 is 27.7 Å². The number of benzene rings is 2. The Morgan fingerprint density at radius 1 is 0.933 bits per heavy atom. The number of hydrogen-bond donors (Lipinski definition) is 4. The molecule has 2 rings (SSSR count). The molecule has 0 unspecified atom stereocenters. The van der Waals surface area contributed by atoms with Gasteiger partial charge < -0.3 is 16.4 Å². The summed E-state index contributed by atoms with van der Waals surface area (Å²) in [4.78, 5) is 34.3. The van der Waals surface area contributed by atoms with Crippen molar-refractivity contribution in [1.29, 1.82) is 0 Å². The van der Waals surface area contributed by atoms with Crippen LogP contribution in [0.1, 0.15) is 22.3 Å². The number of carbonyl (C=O) groups is 3. The molecule has 2 aromatic rings. The quantitative estimate of drug-likeness (QED) is 0.415. The second kappa shape index (κ2) is 10.5. The molecule has 0 saturated heterocycles. The fraction of sp³-hybridized carbons (Fsp3) is 0.211. The van der Waals surface area contributed by atoms with Crippen LogP contribution in [0.4, 0.5) is 4.39 Å². The third kappa shape index (κ3) is 7.26. The van der Waals surface area contributed by atoms with Gasteiger partial charge in [-0.2, -0.15) is 0 Å². The fourth-order valence-corrected chi connectivity index (χ4v) is 3.36. The van der Waals surface area contributed by atoms with Crippen LogP contribution in [0.25, 0.3) is 0 Å². The van der Waals surface area contributed by atoms with Gasteiger partial charge in [0, 0.05) is 25.1 Å². The first kappa shape index (κ1) is 23.0. The van der Waals surface area contributed by atoms with Gasteiger partial charge >= 0.3 is 0 Å². The first-order chi connectivity index (χ1) is 14.2. The van der Waals surface area contributed by atoms with Gasteiger partial charge in [0.2, 0.25) is 21.8 Å². The normalized spacial score (nSPS) is 11.0. The molecule has 0 saturated carbocycles. The summed E-state index contributed by atoms with van der Waals surface area (Å²) in [5, 5.41) is 5.00. The standard InChI is InChI=1S/C19H21FN4O5S/c20-15-5-7-16(8-6-15)30(28,29)24-10-9-18(26)22-11-13-1-3-14(4-2-13)19(27)23-12-17(21)25/h1-8,24H,9-12H2,(H2,21,25)(H,22,26)(H,23,27). The van der Waals surface area contributed by atoms with Crippen LogP contribution in [0.2, 0.25) is 0 Å². The van der Waals surface area contributed by atoms with Gasteiger partial charge in [-0.25, -0.2) is 17.5 Å². The Morgan fingerprint density at radius 2 is 1.57 bits per heavy atom. The monoisotopic (exact) mass is 436 g/mol. The molecular formula is C19H21FN4O5S. The average Bonchev–Trinajstić information content (AvgIpc) is 2.71. The summed E-state index contributed by atoms with van der Waals surface area (Å²) < 4.78 is 39.3. The summed E-state index contributed by atoms with van der Waals surface area (Å²) in [5.74, 6) is -2.02. The lowest BCUT2D eigenvalue weighted by molar-refractivity contribution is -0.121. The van der Waals surface area contributed by atoms with Crippen molar-refractivity contribution < 1.29 is 27.2 Å². The van der Waals surface area contributed by atoms with Gasteiger partial charge in [0.1, 0.15) is 5.82 Å². The van der Waals surface area contributed by atoms with E-state index in [0.29, 0.717) is 5.56 Å². The zero-order chi connectivity index (χ0) is 22.1. The Kier molecular flexibility index (Phi) is 8.01. The van der Waals surface area contributed by atoms with Crippen molar-refractivity contribution in [2.75, 3.05) is 13.1 Å². The third-order valence-corrected chi connectivity index (χ3v) is 5.37. The lowest BCUT2D eigenvalue weighted by Crippen LogP contribution is -2.33. The minimum atomic E-state index is -3.83. The largest absolute Gasteiger partial charge is 0.368 e. The van der Waals surface area contributed by atoms with Crippen molar-refractivity contribution in [2.45, 2.75) is 17.9 Å². The van der Waals surface area contributed by atoms with E-state index in [1.807, 2.05) is 0 Å². The lowest BCUT2D eigenvalue weighted by atomic mass is 10.1. The molecule has 160 valence electrons. The predicted octanol–water partition coefficient (Wildman–Crippen LogP) is 0.0256. The molecule has 0 radical (unpaired) electrons. The van der Waals surface area contributed by atoms with Gasteiger partial charge in [-0.1, -0.05) is 12.1 Å². The highest BCUT2D eigenvalue weighted by Gasteiger charge is 2.14. The SMILES string of the molecule is NC(=O)CNC(=O)c1ccc(CNC(=O)CCNS(=O)(=O)c2ccc(F)cc2)cc1. The number of halogens is 1. The summed E-state index contributed by atoms with van der Waals surface area (Å²) in [6, 6.07) is 10.7. The molecule has 0 heterocycles. The summed E-state index contributed by atoms with van der Waals surface area (Å²) >= 11 is 0. The number of sulfonamides is 1. The van der Waals surface area contributed by atoms with Crippen molar-refractivity contribution in [3.63, 3.8) is 0 Å². The number of nitrogens with one attached hydrogen (secondary N) is 3. The van der Waals surface area contributed by atoms with Crippen molar-refractivity contribution in [3.8, 4) is 0 Å². The van der Waals surface area contributed by atoms with E-state index in [1.54, 1.807) is 12.1 Å². The Bertz CT molecular complexity index is 1010. The molecule has 5 N–H and O–H groups in total. The van der Waals surface area contributed by atoms with Gasteiger partial charge in [0.25, 0.3) is 5.91 Å². The Balaban J connectivity index is 1.76. The average molecular weight is 436 g/mol. The number of hydrogen-bond acceptors (Lipinski definition) is 5. The molecule has 11 heteroatoms. The molecule has 0 aliphatic heterocycles. The Hall–Kier alpha value is -3.31. The summed E-state index contributed by atoms with van der Waals surface area (Å²) in [5.41, 5.74) is 6.02. The molecule has 0 aliphatic rings. The molecule has 0 atom stereocenters. The molecule has 0 bridgehead atoms. The van der Waals surface area contributed by atoms with Crippen molar-refractivity contribution in [1.82, 2.24) is 15.4 Å². The number of nitrogens with two attached hydrogens (primary N) is 1. The first-order valence-corrected chi connectivity index (χ1v) is 10.3. The maximum Gasteiger partial charge on any atom is 0.251 e. The van der Waals surface area contributed by atoms with Crippen LogP contribution in [-0.2, 0) is 26.2 Å². The van der Waals surface area contributed by atoms with Crippen molar-refractivity contribution in [2.24, 2.45) is 5.73 Å². The van der Waals surface area contributed by atoms with E-state index in [1.165, 1.54) is 12.1 Å². The van der Waals surface area contributed by atoms with Crippen LogP contribution in [0.15, 0.2) is 53.4 Å². The van der Waals surface area contributed by atoms with Crippen LogP contribution in [-0.4, -0.2) is 39.2 Å². The lowest BCUT2D eigenvalue weighted by Gasteiger charge is -2.08. The molecule has 0 aromatic heterocycles. The van der Waals surface area contributed by atoms with E-state index in [9.17, 15) is 27.2 Å². The highest BCUT2D eigenvalue weighted by Crippen LogP contribution is 2.09. The van der Waals surface area contributed by atoms with Crippen molar-refractivity contribution >= 4 is 27.7 Å². The summed E-state index contributed by atoms with van der Waals surface area (Å²) in [6.07, 6.45) is -0.0893.